The Labute approximate surface area is 124 Å². The maximum Gasteiger partial charge on any atom is 0.387 e. The molecule has 0 aliphatic carbocycles. The van der Waals surface area contributed by atoms with E-state index in [0.717, 1.165) is 4.88 Å². The average Bonchev–Trinajstić information content (AvgIpc) is 2.97. The van der Waals surface area contributed by atoms with E-state index >= 15 is 0 Å². The Balaban J connectivity index is 1.83. The van der Waals surface area contributed by atoms with Crippen molar-refractivity contribution in [2.45, 2.75) is 13.2 Å². The molecule has 21 heavy (non-hydrogen) atoms. The normalized spacial score (nSPS) is 10.4. The Kier molecular flexibility index (Phi) is 5.51. The number of carbonyl (C=O) groups is 1. The van der Waals surface area contributed by atoms with Gasteiger partial charge in [-0.2, -0.15) is 8.78 Å². The molecular formula is C14H14F2N2O2S. The van der Waals surface area contributed by atoms with Crippen LogP contribution in [0.2, 0.25) is 0 Å². The first-order chi connectivity index (χ1) is 10.1. The Morgan fingerprint density at radius 3 is 2.76 bits per heavy atom. The molecule has 0 unspecified atom stereocenters. The molecule has 1 heterocycles. The van der Waals surface area contributed by atoms with Crippen LogP contribution in [0.1, 0.15) is 4.88 Å². The molecule has 1 amide bonds. The summed E-state index contributed by atoms with van der Waals surface area (Å²) in [5.74, 6) is -0.214. The van der Waals surface area contributed by atoms with Gasteiger partial charge in [-0.15, -0.1) is 11.3 Å². The molecule has 0 radical (unpaired) electrons. The molecular weight excluding hydrogens is 298 g/mol. The van der Waals surface area contributed by atoms with Gasteiger partial charge in [-0.3, -0.25) is 4.79 Å². The molecule has 4 nitrogen and oxygen atoms in total. The summed E-state index contributed by atoms with van der Waals surface area (Å²) in [5, 5.41) is 7.45. The zero-order valence-corrected chi connectivity index (χ0v) is 11.8. The van der Waals surface area contributed by atoms with Crippen LogP contribution in [0.4, 0.5) is 14.5 Å². The highest BCUT2D eigenvalue weighted by molar-refractivity contribution is 7.09. The molecule has 2 aromatic rings. The van der Waals surface area contributed by atoms with Gasteiger partial charge in [0.15, 0.2) is 0 Å². The highest BCUT2D eigenvalue weighted by atomic mass is 32.1. The third kappa shape index (κ3) is 5.03. The molecule has 112 valence electrons. The molecule has 1 aromatic heterocycles. The molecule has 2 rings (SSSR count). The van der Waals surface area contributed by atoms with Crippen LogP contribution in [0.15, 0.2) is 41.8 Å². The SMILES string of the molecule is O=C(CNc1ccccc1OC(F)F)NCc1cccs1. The Morgan fingerprint density at radius 1 is 1.24 bits per heavy atom. The van der Waals surface area contributed by atoms with Crippen LogP contribution in [0.25, 0.3) is 0 Å². The van der Waals surface area contributed by atoms with Gasteiger partial charge in [0.2, 0.25) is 5.91 Å². The van der Waals surface area contributed by atoms with Crippen molar-refractivity contribution < 1.29 is 18.3 Å². The maximum atomic E-state index is 12.2. The molecule has 0 spiro atoms. The number of anilines is 1. The van der Waals surface area contributed by atoms with Crippen molar-refractivity contribution in [1.29, 1.82) is 0 Å². The number of nitrogens with one attached hydrogen (secondary N) is 2. The first kappa shape index (κ1) is 15.2. The van der Waals surface area contributed by atoms with Crippen molar-refractivity contribution in [1.82, 2.24) is 5.32 Å². The monoisotopic (exact) mass is 312 g/mol. The molecule has 0 aliphatic rings. The van der Waals surface area contributed by atoms with E-state index in [1.54, 1.807) is 29.5 Å². The topological polar surface area (TPSA) is 50.4 Å². The molecule has 2 N–H and O–H groups in total. The van der Waals surface area contributed by atoms with E-state index in [1.807, 2.05) is 17.5 Å². The minimum atomic E-state index is -2.90. The van der Waals surface area contributed by atoms with Crippen molar-refractivity contribution in [3.05, 3.63) is 46.7 Å². The average molecular weight is 312 g/mol. The lowest BCUT2D eigenvalue weighted by Crippen LogP contribution is -2.29. The third-order valence-corrected chi connectivity index (χ3v) is 3.46. The molecule has 7 heteroatoms. The number of thiophene rings is 1. The van der Waals surface area contributed by atoms with E-state index < -0.39 is 6.61 Å². The van der Waals surface area contributed by atoms with Gasteiger partial charge in [0.25, 0.3) is 0 Å². The summed E-state index contributed by atoms with van der Waals surface area (Å²) in [5.41, 5.74) is 0.351. The van der Waals surface area contributed by atoms with Crippen LogP contribution in [-0.4, -0.2) is 19.1 Å². The van der Waals surface area contributed by atoms with Crippen LogP contribution in [-0.2, 0) is 11.3 Å². The van der Waals surface area contributed by atoms with Crippen LogP contribution in [0, 0.1) is 0 Å². The zero-order valence-electron chi connectivity index (χ0n) is 11.0. The number of rotatable bonds is 7. The van der Waals surface area contributed by atoms with Crippen molar-refractivity contribution in [2.24, 2.45) is 0 Å². The van der Waals surface area contributed by atoms with Crippen LogP contribution >= 0.6 is 11.3 Å². The number of ether oxygens (including phenoxy) is 1. The standard InChI is InChI=1S/C14H14F2N2O2S/c15-14(16)20-12-6-2-1-5-11(12)17-9-13(19)18-8-10-4-3-7-21-10/h1-7,14,17H,8-9H2,(H,18,19). The summed E-state index contributed by atoms with van der Waals surface area (Å²) in [6.45, 7) is -2.47. The summed E-state index contributed by atoms with van der Waals surface area (Å²) in [7, 11) is 0. The van der Waals surface area contributed by atoms with E-state index in [4.69, 9.17) is 0 Å². The van der Waals surface area contributed by atoms with Gasteiger partial charge < -0.3 is 15.4 Å². The zero-order chi connectivity index (χ0) is 15.1. The fourth-order valence-corrected chi connectivity index (χ4v) is 2.29. The van der Waals surface area contributed by atoms with Gasteiger partial charge in [-0.05, 0) is 23.6 Å². The number of halogens is 2. The van der Waals surface area contributed by atoms with Gasteiger partial charge in [0.05, 0.1) is 18.8 Å². The van der Waals surface area contributed by atoms with E-state index in [2.05, 4.69) is 15.4 Å². The largest absolute Gasteiger partial charge is 0.433 e. The first-order valence-corrected chi connectivity index (χ1v) is 7.10. The minimum Gasteiger partial charge on any atom is -0.433 e. The second-order valence-corrected chi connectivity index (χ2v) is 5.12. The molecule has 0 fully saturated rings. The van der Waals surface area contributed by atoms with Gasteiger partial charge in [0.1, 0.15) is 5.75 Å². The van der Waals surface area contributed by atoms with Crippen LogP contribution < -0.4 is 15.4 Å². The number of para-hydroxylation sites is 2. The third-order valence-electron chi connectivity index (χ3n) is 2.58. The fourth-order valence-electron chi connectivity index (χ4n) is 1.65. The number of hydrogen-bond acceptors (Lipinski definition) is 4. The molecule has 0 bridgehead atoms. The lowest BCUT2D eigenvalue weighted by atomic mass is 10.3. The van der Waals surface area contributed by atoms with Gasteiger partial charge in [-0.25, -0.2) is 0 Å². The predicted molar refractivity (Wildman–Crippen MR) is 77.7 cm³/mol. The van der Waals surface area contributed by atoms with Crippen LogP contribution in [0.5, 0.6) is 5.75 Å². The molecule has 0 saturated carbocycles. The summed E-state index contributed by atoms with van der Waals surface area (Å²) in [4.78, 5) is 12.7. The van der Waals surface area contributed by atoms with Gasteiger partial charge in [-0.1, -0.05) is 18.2 Å². The second-order valence-electron chi connectivity index (χ2n) is 4.08. The molecule has 1 aromatic carbocycles. The number of alkyl halides is 2. The minimum absolute atomic E-state index is 0.0126. The summed E-state index contributed by atoms with van der Waals surface area (Å²) < 4.78 is 28.9. The number of amides is 1. The Hall–Kier alpha value is -2.15. The molecule has 0 saturated heterocycles. The first-order valence-electron chi connectivity index (χ1n) is 6.22. The van der Waals surface area contributed by atoms with Crippen molar-refractivity contribution >= 4 is 22.9 Å². The lowest BCUT2D eigenvalue weighted by molar-refractivity contribution is -0.119. The number of carbonyl (C=O) groups excluding carboxylic acids is 1. The van der Waals surface area contributed by atoms with E-state index in [9.17, 15) is 13.6 Å². The summed E-state index contributed by atoms with van der Waals surface area (Å²) in [6, 6.07) is 10.1. The Bertz CT molecular complexity index is 576. The lowest BCUT2D eigenvalue weighted by Gasteiger charge is -2.12. The maximum absolute atomic E-state index is 12.2. The van der Waals surface area contributed by atoms with E-state index in [0.29, 0.717) is 12.2 Å². The van der Waals surface area contributed by atoms with Crippen molar-refractivity contribution in [3.63, 3.8) is 0 Å². The Morgan fingerprint density at radius 2 is 2.05 bits per heavy atom. The highest BCUT2D eigenvalue weighted by Gasteiger charge is 2.10. The van der Waals surface area contributed by atoms with Crippen molar-refractivity contribution in [3.8, 4) is 5.75 Å². The molecule has 0 atom stereocenters. The smallest absolute Gasteiger partial charge is 0.387 e. The van der Waals surface area contributed by atoms with Gasteiger partial charge in [0, 0.05) is 4.88 Å². The van der Waals surface area contributed by atoms with Crippen molar-refractivity contribution in [2.75, 3.05) is 11.9 Å². The quantitative estimate of drug-likeness (QED) is 0.826. The van der Waals surface area contributed by atoms with E-state index in [-0.39, 0.29) is 18.2 Å². The van der Waals surface area contributed by atoms with E-state index in [1.165, 1.54) is 6.07 Å². The highest BCUT2D eigenvalue weighted by Crippen LogP contribution is 2.25. The predicted octanol–water partition coefficient (Wildman–Crippen LogP) is 3.08. The summed E-state index contributed by atoms with van der Waals surface area (Å²) >= 11 is 1.55. The summed E-state index contributed by atoms with van der Waals surface area (Å²) in [6.07, 6.45) is 0. The number of hydrogen-bond donors (Lipinski definition) is 2. The second kappa shape index (κ2) is 7.58. The number of benzene rings is 1. The fraction of sp³-hybridized carbons (Fsp3) is 0.214. The van der Waals surface area contributed by atoms with Crippen LogP contribution in [0.3, 0.4) is 0 Å². The van der Waals surface area contributed by atoms with Gasteiger partial charge >= 0.3 is 6.61 Å². The molecule has 0 aliphatic heterocycles.